The molecule has 0 spiro atoms. The van der Waals surface area contributed by atoms with Gasteiger partial charge in [-0.25, -0.2) is 0 Å². The topological polar surface area (TPSA) is 49.4 Å². The average Bonchev–Trinajstić information content (AvgIpc) is 3.01. The van der Waals surface area contributed by atoms with Crippen LogP contribution in [0.4, 0.5) is 0 Å². The molecule has 4 aromatic carbocycles. The lowest BCUT2D eigenvalue weighted by molar-refractivity contribution is -0.128. The molecule has 1 fully saturated rings. The predicted molar refractivity (Wildman–Crippen MR) is 158 cm³/mol. The monoisotopic (exact) mass is 519 g/mol. The van der Waals surface area contributed by atoms with Crippen LogP contribution in [0.5, 0.6) is 0 Å². The molecule has 2 amide bonds. The molecule has 5 heteroatoms. The van der Waals surface area contributed by atoms with Gasteiger partial charge in [0.05, 0.1) is 0 Å². The van der Waals surface area contributed by atoms with Crippen molar-refractivity contribution in [1.82, 2.24) is 10.2 Å². The van der Waals surface area contributed by atoms with Crippen molar-refractivity contribution in [3.05, 3.63) is 138 Å². The summed E-state index contributed by atoms with van der Waals surface area (Å²) in [6.07, 6.45) is 3.07. The molecule has 0 atom stereocenters. The highest BCUT2D eigenvalue weighted by Gasteiger charge is 2.45. The van der Waals surface area contributed by atoms with Gasteiger partial charge in [-0.05, 0) is 67.8 Å². The third-order valence-corrected chi connectivity index (χ3v) is 11.0. The van der Waals surface area contributed by atoms with Crippen molar-refractivity contribution in [3.63, 3.8) is 0 Å². The third kappa shape index (κ3) is 5.46. The van der Waals surface area contributed by atoms with E-state index in [2.05, 4.69) is 47.5 Å². The molecule has 4 aromatic rings. The smallest absolute Gasteiger partial charge is 0.273 e. The molecule has 1 aliphatic heterocycles. The molecule has 1 N–H and O–H groups in total. The summed E-state index contributed by atoms with van der Waals surface area (Å²) >= 11 is 0. The number of carbonyl (C=O) groups excluding carboxylic acids is 2. The minimum Gasteiger partial charge on any atom is -0.337 e. The highest BCUT2D eigenvalue weighted by atomic mass is 31.2. The van der Waals surface area contributed by atoms with Crippen LogP contribution < -0.4 is 21.2 Å². The summed E-state index contributed by atoms with van der Waals surface area (Å²) in [6, 6.07) is 40.1. The quantitative estimate of drug-likeness (QED) is 0.267. The Morgan fingerprint density at radius 1 is 0.605 bits per heavy atom. The van der Waals surface area contributed by atoms with Gasteiger partial charge in [0.1, 0.15) is 34.7 Å². The summed E-state index contributed by atoms with van der Waals surface area (Å²) in [5.74, 6) is 1.67. The largest absolute Gasteiger partial charge is 0.337 e. The van der Waals surface area contributed by atoms with Crippen LogP contribution in [0.25, 0.3) is 0 Å². The van der Waals surface area contributed by atoms with E-state index in [1.807, 2.05) is 77.7 Å². The highest BCUT2D eigenvalue weighted by Crippen LogP contribution is 2.57. The van der Waals surface area contributed by atoms with E-state index in [1.165, 1.54) is 0 Å². The van der Waals surface area contributed by atoms with Crippen molar-refractivity contribution in [2.75, 3.05) is 13.1 Å². The zero-order valence-electron chi connectivity index (χ0n) is 21.4. The van der Waals surface area contributed by atoms with Crippen LogP contribution in [0.3, 0.4) is 0 Å². The Morgan fingerprint density at radius 2 is 1.03 bits per heavy atom. The summed E-state index contributed by atoms with van der Waals surface area (Å²) < 4.78 is 0. The van der Waals surface area contributed by atoms with E-state index < -0.39 is 7.26 Å². The lowest BCUT2D eigenvalue weighted by Crippen LogP contribution is -2.42. The maximum atomic E-state index is 14.1. The number of rotatable bonds is 7. The molecule has 190 valence electrons. The fourth-order valence-corrected chi connectivity index (χ4v) is 8.88. The number of nitrogens with one attached hydrogen (secondary N) is 1. The van der Waals surface area contributed by atoms with E-state index in [-0.39, 0.29) is 11.8 Å². The van der Waals surface area contributed by atoms with E-state index in [0.717, 1.165) is 35.2 Å². The van der Waals surface area contributed by atoms with Crippen LogP contribution in [-0.2, 0) is 4.79 Å². The van der Waals surface area contributed by atoms with Crippen LogP contribution in [0, 0.1) is 0 Å². The summed E-state index contributed by atoms with van der Waals surface area (Å²) in [5, 5.41) is 6.42. The fraction of sp³-hybridized carbons (Fsp3) is 0.152. The first-order valence-corrected chi connectivity index (χ1v) is 15.0. The molecule has 0 aromatic heterocycles. The van der Waals surface area contributed by atoms with E-state index in [1.54, 1.807) is 12.1 Å². The van der Waals surface area contributed by atoms with Gasteiger partial charge in [0.25, 0.3) is 11.8 Å². The molecule has 0 unspecified atom stereocenters. The Kier molecular flexibility index (Phi) is 8.11. The zero-order valence-corrected chi connectivity index (χ0v) is 22.3. The second-order valence-corrected chi connectivity index (χ2v) is 12.7. The first kappa shape index (κ1) is 25.6. The number of nitrogens with zero attached hydrogens (tertiary/aromatic N) is 1. The second-order valence-electron chi connectivity index (χ2n) is 9.45. The van der Waals surface area contributed by atoms with Gasteiger partial charge in [-0.15, -0.1) is 0 Å². The first-order chi connectivity index (χ1) is 18.7. The van der Waals surface area contributed by atoms with Crippen LogP contribution in [-0.4, -0.2) is 29.8 Å². The van der Waals surface area contributed by atoms with Gasteiger partial charge in [-0.3, -0.25) is 9.59 Å². The van der Waals surface area contributed by atoms with Gasteiger partial charge < -0.3 is 10.2 Å². The van der Waals surface area contributed by atoms with Gasteiger partial charge in [-0.1, -0.05) is 72.8 Å². The summed E-state index contributed by atoms with van der Waals surface area (Å²) in [5.41, 5.74) is 0.860. The number of likely N-dealkylation sites (tertiary alicyclic amines) is 1. The zero-order chi connectivity index (χ0) is 26.2. The summed E-state index contributed by atoms with van der Waals surface area (Å²) in [6.45, 7) is 1.40. The molecule has 0 saturated carbocycles. The molecule has 1 saturated heterocycles. The molecule has 1 aliphatic rings. The SMILES string of the molecule is O=C(N/C(=C/[P+](c1ccccc1)(c1ccccc1)c1ccccc1)C(=O)N1CCCCC1)c1ccccc1. The minimum atomic E-state index is -2.49. The Morgan fingerprint density at radius 3 is 1.47 bits per heavy atom. The van der Waals surface area contributed by atoms with Crippen molar-refractivity contribution in [1.29, 1.82) is 0 Å². The molecular weight excluding hydrogens is 487 g/mol. The van der Waals surface area contributed by atoms with E-state index in [4.69, 9.17) is 0 Å². The van der Waals surface area contributed by atoms with Crippen molar-refractivity contribution >= 4 is 35.0 Å². The molecular formula is C33H32N2O2P+. The Labute approximate surface area is 225 Å². The molecule has 4 nitrogen and oxygen atoms in total. The molecule has 0 radical (unpaired) electrons. The third-order valence-electron chi connectivity index (χ3n) is 6.97. The molecule has 0 aliphatic carbocycles. The molecule has 1 heterocycles. The predicted octanol–water partition coefficient (Wildman–Crippen LogP) is 5.26. The number of benzene rings is 4. The van der Waals surface area contributed by atoms with Gasteiger partial charge in [0.15, 0.2) is 0 Å². The van der Waals surface area contributed by atoms with Crippen molar-refractivity contribution in [2.45, 2.75) is 19.3 Å². The first-order valence-electron chi connectivity index (χ1n) is 13.1. The van der Waals surface area contributed by atoms with E-state index in [9.17, 15) is 9.59 Å². The summed E-state index contributed by atoms with van der Waals surface area (Å²) in [7, 11) is -2.49. The standard InChI is InChI=1S/C33H31N2O2P/c36-32(27-16-6-1-7-17-27)34-31(33(37)35-24-14-5-15-25-35)26-38(28-18-8-2-9-19-28,29-20-10-3-11-21-29)30-22-12-4-13-23-30/h1-4,6-13,16-23,26H,5,14-15,24-25H2/p+1/b31-26+. The van der Waals surface area contributed by atoms with E-state index >= 15 is 0 Å². The fourth-order valence-electron chi connectivity index (χ4n) is 5.05. The number of piperidine rings is 1. The highest BCUT2D eigenvalue weighted by molar-refractivity contribution is 7.98. The average molecular weight is 520 g/mol. The molecule has 38 heavy (non-hydrogen) atoms. The maximum Gasteiger partial charge on any atom is 0.273 e. The minimum absolute atomic E-state index is 0.124. The number of amides is 2. The summed E-state index contributed by atoms with van der Waals surface area (Å²) in [4.78, 5) is 29.4. The van der Waals surface area contributed by atoms with Gasteiger partial charge >= 0.3 is 0 Å². The number of hydrogen-bond donors (Lipinski definition) is 1. The van der Waals surface area contributed by atoms with Crippen LogP contribution in [0.1, 0.15) is 29.6 Å². The van der Waals surface area contributed by atoms with Crippen molar-refractivity contribution in [2.24, 2.45) is 0 Å². The lowest BCUT2D eigenvalue weighted by atomic mass is 10.1. The van der Waals surface area contributed by atoms with Crippen molar-refractivity contribution < 1.29 is 9.59 Å². The van der Waals surface area contributed by atoms with Crippen LogP contribution in [0.15, 0.2) is 133 Å². The Balaban J connectivity index is 1.74. The van der Waals surface area contributed by atoms with E-state index in [0.29, 0.717) is 24.4 Å². The molecule has 5 rings (SSSR count). The lowest BCUT2D eigenvalue weighted by Gasteiger charge is -2.29. The van der Waals surface area contributed by atoms with Gasteiger partial charge in [0, 0.05) is 18.7 Å². The molecule has 0 bridgehead atoms. The number of hydrogen-bond acceptors (Lipinski definition) is 2. The van der Waals surface area contributed by atoms with Crippen LogP contribution >= 0.6 is 7.26 Å². The van der Waals surface area contributed by atoms with Crippen LogP contribution in [0.2, 0.25) is 0 Å². The number of carbonyl (C=O) groups is 2. The van der Waals surface area contributed by atoms with Gasteiger partial charge in [-0.2, -0.15) is 0 Å². The normalized spacial score (nSPS) is 14.1. The maximum absolute atomic E-state index is 14.1. The Hall–Kier alpha value is -4.01. The second kappa shape index (κ2) is 12.0. The van der Waals surface area contributed by atoms with Crippen molar-refractivity contribution in [3.8, 4) is 0 Å². The Bertz CT molecular complexity index is 1290. The van der Waals surface area contributed by atoms with Gasteiger partial charge in [0.2, 0.25) is 0 Å².